The van der Waals surface area contributed by atoms with Gasteiger partial charge in [-0.15, -0.1) is 4.72 Å². The minimum atomic E-state index is -4.47. The average Bonchev–Trinajstić information content (AvgIpc) is 3.04. The van der Waals surface area contributed by atoms with Gasteiger partial charge in [0.2, 0.25) is 0 Å². The number of anilines is 1. The Morgan fingerprint density at radius 2 is 1.83 bits per heavy atom. The van der Waals surface area contributed by atoms with E-state index in [2.05, 4.69) is 10.0 Å². The van der Waals surface area contributed by atoms with E-state index in [1.54, 1.807) is 18.2 Å². The van der Waals surface area contributed by atoms with Crippen LogP contribution in [0.25, 0.3) is 0 Å². The van der Waals surface area contributed by atoms with E-state index in [4.69, 9.17) is 0 Å². The van der Waals surface area contributed by atoms with E-state index in [0.717, 1.165) is 24.3 Å². The lowest BCUT2D eigenvalue weighted by Gasteiger charge is -2.29. The lowest BCUT2D eigenvalue weighted by atomic mass is 10.00. The van der Waals surface area contributed by atoms with Gasteiger partial charge in [-0.3, -0.25) is 4.79 Å². The summed E-state index contributed by atoms with van der Waals surface area (Å²) in [5, 5.41) is 3.13. The summed E-state index contributed by atoms with van der Waals surface area (Å²) in [6.07, 6.45) is -4.09. The third kappa shape index (κ3) is 3.75. The lowest BCUT2D eigenvalue weighted by Crippen LogP contribution is -2.55. The summed E-state index contributed by atoms with van der Waals surface area (Å²) in [7, 11) is -3.78. The van der Waals surface area contributed by atoms with Gasteiger partial charge in [-0.05, 0) is 42.8 Å². The van der Waals surface area contributed by atoms with Gasteiger partial charge in [0.25, 0.3) is 5.91 Å². The van der Waals surface area contributed by atoms with Crippen LogP contribution in [0.3, 0.4) is 0 Å². The molecule has 1 spiro atoms. The second-order valence-electron chi connectivity index (χ2n) is 7.29. The second-order valence-corrected chi connectivity index (χ2v) is 8.94. The zero-order chi connectivity index (χ0) is 20.9. The molecule has 2 aromatic carbocycles. The van der Waals surface area contributed by atoms with Crippen molar-refractivity contribution in [1.82, 2.24) is 9.62 Å². The summed E-state index contributed by atoms with van der Waals surface area (Å²) >= 11 is 0. The van der Waals surface area contributed by atoms with Crippen LogP contribution in [0.15, 0.2) is 53.4 Å². The molecule has 2 aliphatic heterocycles. The first kappa shape index (κ1) is 19.9. The molecule has 2 aliphatic rings. The molecule has 0 aromatic heterocycles. The molecule has 1 saturated heterocycles. The highest BCUT2D eigenvalue weighted by Crippen LogP contribution is 2.34. The smallest absolute Gasteiger partial charge is 0.416 e. The number of carbonyl (C=O) groups excluding carboxylic acids is 1. The van der Waals surface area contributed by atoms with Crippen molar-refractivity contribution in [1.29, 1.82) is 0 Å². The number of likely N-dealkylation sites (tertiary alicyclic amines) is 1. The molecule has 29 heavy (non-hydrogen) atoms. The van der Waals surface area contributed by atoms with Crippen LogP contribution in [-0.4, -0.2) is 40.5 Å². The molecule has 6 nitrogen and oxygen atoms in total. The molecule has 4 rings (SSSR count). The molecule has 0 saturated carbocycles. The maximum Gasteiger partial charge on any atom is 0.416 e. The molecule has 2 N–H and O–H groups in total. The highest BCUT2D eigenvalue weighted by atomic mass is 32.3. The van der Waals surface area contributed by atoms with Crippen molar-refractivity contribution in [3.05, 3.63) is 59.7 Å². The second kappa shape index (κ2) is 6.82. The number of para-hydroxylation sites is 1. The van der Waals surface area contributed by atoms with Crippen LogP contribution in [0.2, 0.25) is 0 Å². The lowest BCUT2D eigenvalue weighted by molar-refractivity contribution is -0.137. The molecule has 1 amide bonds. The van der Waals surface area contributed by atoms with Gasteiger partial charge in [-0.2, -0.15) is 13.2 Å². The molecule has 2 unspecified atom stereocenters. The summed E-state index contributed by atoms with van der Waals surface area (Å²) in [6.45, 7) is 0.702. The minimum absolute atomic E-state index is 0.118. The molecule has 10 heteroatoms. The molecule has 2 aromatic rings. The van der Waals surface area contributed by atoms with Crippen molar-refractivity contribution >= 4 is 22.0 Å². The third-order valence-electron chi connectivity index (χ3n) is 5.24. The van der Waals surface area contributed by atoms with Crippen LogP contribution in [0.1, 0.15) is 22.3 Å². The van der Waals surface area contributed by atoms with Crippen molar-refractivity contribution in [2.45, 2.75) is 23.0 Å². The number of nitrogens with zero attached hydrogens (tertiary/aromatic N) is 1. The SMILES string of the molecule is O=C(c1ccc(C(F)(F)F)cc1)N1CCC2(CNc3ccccc3[S+](=O)([O-])N2)C1. The first-order valence-electron chi connectivity index (χ1n) is 8.93. The van der Waals surface area contributed by atoms with Crippen molar-refractivity contribution in [3.8, 4) is 0 Å². The Bertz CT molecular complexity index is 996. The number of hydrogen-bond acceptors (Lipinski definition) is 4. The number of halogens is 3. The predicted octanol–water partition coefficient (Wildman–Crippen LogP) is 2.91. The molecule has 2 heterocycles. The van der Waals surface area contributed by atoms with Gasteiger partial charge in [0.05, 0.1) is 16.8 Å². The Balaban J connectivity index is 1.53. The fourth-order valence-electron chi connectivity index (χ4n) is 3.75. The summed E-state index contributed by atoms with van der Waals surface area (Å²) < 4.78 is 66.4. The number of carbonyl (C=O) groups is 1. The molecule has 154 valence electrons. The molecule has 0 bridgehead atoms. The van der Waals surface area contributed by atoms with Crippen molar-refractivity contribution in [2.24, 2.45) is 0 Å². The van der Waals surface area contributed by atoms with Crippen LogP contribution in [0, 0.1) is 0 Å². The molecular formula is C19H18F3N3O3S. The Kier molecular flexibility index (Phi) is 4.67. The monoisotopic (exact) mass is 425 g/mol. The topological polar surface area (TPSA) is 84.5 Å². The summed E-state index contributed by atoms with van der Waals surface area (Å²) in [6, 6.07) is 10.6. The van der Waals surface area contributed by atoms with E-state index in [-0.39, 0.29) is 17.0 Å². The summed E-state index contributed by atoms with van der Waals surface area (Å²) in [5.74, 6) is -0.434. The Morgan fingerprint density at radius 3 is 2.52 bits per heavy atom. The zero-order valence-electron chi connectivity index (χ0n) is 15.2. The highest BCUT2D eigenvalue weighted by Gasteiger charge is 2.48. The Morgan fingerprint density at radius 1 is 1.14 bits per heavy atom. The standard InChI is InChI=1S/C19H18F3N3O3S/c20-19(21,22)14-7-5-13(6-8-14)17(26)25-10-9-18(12-25)11-23-15-3-1-2-4-16(15)29(27,28)24-18/h1-8H,9-12H2,(H2-,23,24,27,28). The quantitative estimate of drug-likeness (QED) is 0.689. The predicted molar refractivity (Wildman–Crippen MR) is 99.9 cm³/mol. The normalized spacial score (nSPS) is 26.7. The van der Waals surface area contributed by atoms with E-state index in [0.29, 0.717) is 25.2 Å². The van der Waals surface area contributed by atoms with E-state index in [1.807, 2.05) is 0 Å². The van der Waals surface area contributed by atoms with E-state index >= 15 is 0 Å². The first-order chi connectivity index (χ1) is 13.6. The number of hydrogen-bond donors (Lipinski definition) is 2. The molecule has 0 radical (unpaired) electrons. The van der Waals surface area contributed by atoms with Crippen LogP contribution in [-0.2, 0) is 20.8 Å². The maximum absolute atomic E-state index is 12.8. The van der Waals surface area contributed by atoms with E-state index < -0.39 is 33.6 Å². The van der Waals surface area contributed by atoms with Crippen LogP contribution >= 0.6 is 0 Å². The number of benzene rings is 2. The largest absolute Gasteiger partial charge is 0.593 e. The van der Waals surface area contributed by atoms with E-state index in [9.17, 15) is 26.7 Å². The number of amides is 1. The highest BCUT2D eigenvalue weighted by molar-refractivity contribution is 7.96. The minimum Gasteiger partial charge on any atom is -0.593 e. The van der Waals surface area contributed by atoms with Gasteiger partial charge in [0.1, 0.15) is 0 Å². The number of fused-ring (bicyclic) bond motifs is 1. The number of alkyl halides is 3. The number of sulfonamides is 1. The van der Waals surface area contributed by atoms with Gasteiger partial charge in [0.15, 0.2) is 15.3 Å². The Hall–Kier alpha value is -2.43. The fourth-order valence-corrected chi connectivity index (χ4v) is 5.35. The molecule has 2 atom stereocenters. The first-order valence-corrected chi connectivity index (χ1v) is 10.4. The van der Waals surface area contributed by atoms with Gasteiger partial charge in [-0.1, -0.05) is 16.3 Å². The molecular weight excluding hydrogens is 407 g/mol. The zero-order valence-corrected chi connectivity index (χ0v) is 16.0. The Labute approximate surface area is 166 Å². The molecule has 0 aliphatic carbocycles. The third-order valence-corrected chi connectivity index (χ3v) is 6.88. The maximum atomic E-state index is 12.8. The van der Waals surface area contributed by atoms with Crippen molar-refractivity contribution in [2.75, 3.05) is 25.0 Å². The van der Waals surface area contributed by atoms with Crippen LogP contribution in [0.5, 0.6) is 0 Å². The van der Waals surface area contributed by atoms with E-state index in [1.165, 1.54) is 11.0 Å². The van der Waals surface area contributed by atoms with Crippen molar-refractivity contribution in [3.63, 3.8) is 0 Å². The van der Waals surface area contributed by atoms with Crippen molar-refractivity contribution < 1.29 is 26.7 Å². The average molecular weight is 425 g/mol. The number of rotatable bonds is 1. The van der Waals surface area contributed by atoms with Gasteiger partial charge in [-0.25, -0.2) is 0 Å². The molecule has 1 fully saturated rings. The van der Waals surface area contributed by atoms with Gasteiger partial charge < -0.3 is 14.8 Å². The van der Waals surface area contributed by atoms with Gasteiger partial charge in [0, 0.05) is 25.2 Å². The van der Waals surface area contributed by atoms with Gasteiger partial charge >= 0.3 is 6.18 Å². The fraction of sp³-hybridized carbons (Fsp3) is 0.316. The number of nitrogens with one attached hydrogen (secondary N) is 2. The summed E-state index contributed by atoms with van der Waals surface area (Å²) in [4.78, 5) is 14.4. The van der Waals surface area contributed by atoms with Crippen LogP contribution in [0.4, 0.5) is 18.9 Å². The van der Waals surface area contributed by atoms with Crippen LogP contribution < -0.4 is 10.0 Å². The summed E-state index contributed by atoms with van der Waals surface area (Å²) in [5.41, 5.74) is -1.10.